The highest BCUT2D eigenvalue weighted by atomic mass is 16.5. The summed E-state index contributed by atoms with van der Waals surface area (Å²) in [5.74, 6) is 0.805. The third kappa shape index (κ3) is 4.49. The van der Waals surface area contributed by atoms with Gasteiger partial charge in [0.05, 0.1) is 13.2 Å². The monoisotopic (exact) mass is 265 g/mol. The number of nitrogens with zero attached hydrogens (tertiary/aromatic N) is 1. The van der Waals surface area contributed by atoms with Gasteiger partial charge in [0, 0.05) is 19.1 Å². The van der Waals surface area contributed by atoms with Gasteiger partial charge in [-0.05, 0) is 26.0 Å². The van der Waals surface area contributed by atoms with E-state index in [1.165, 1.54) is 5.56 Å². The number of ether oxygens (including phenoxy) is 2. The fraction of sp³-hybridized carbons (Fsp3) is 0.600. The van der Waals surface area contributed by atoms with Gasteiger partial charge in [-0.15, -0.1) is 0 Å². The van der Waals surface area contributed by atoms with Crippen molar-refractivity contribution < 1.29 is 14.6 Å². The highest BCUT2D eigenvalue weighted by Gasteiger charge is 2.21. The molecule has 0 amide bonds. The van der Waals surface area contributed by atoms with E-state index in [9.17, 15) is 5.11 Å². The third-order valence-corrected chi connectivity index (χ3v) is 3.41. The molecule has 2 atom stereocenters. The van der Waals surface area contributed by atoms with E-state index in [1.54, 1.807) is 0 Å². The van der Waals surface area contributed by atoms with E-state index >= 15 is 0 Å². The largest absolute Gasteiger partial charge is 0.491 e. The first-order valence-electron chi connectivity index (χ1n) is 6.84. The fourth-order valence-corrected chi connectivity index (χ4v) is 2.18. The minimum atomic E-state index is -0.471. The molecule has 0 bridgehead atoms. The highest BCUT2D eigenvalue weighted by molar-refractivity contribution is 5.26. The Bertz CT molecular complexity index is 379. The average Bonchev–Trinajstić information content (AvgIpc) is 2.41. The van der Waals surface area contributed by atoms with Crippen molar-refractivity contribution in [3.63, 3.8) is 0 Å². The van der Waals surface area contributed by atoms with Gasteiger partial charge in [-0.2, -0.15) is 0 Å². The van der Waals surface area contributed by atoms with Gasteiger partial charge in [0.25, 0.3) is 0 Å². The van der Waals surface area contributed by atoms with Gasteiger partial charge in [0.2, 0.25) is 0 Å². The summed E-state index contributed by atoms with van der Waals surface area (Å²) in [6, 6.07) is 8.24. The lowest BCUT2D eigenvalue weighted by atomic mass is 10.2. The van der Waals surface area contributed by atoms with E-state index in [2.05, 4.69) is 11.8 Å². The van der Waals surface area contributed by atoms with Crippen LogP contribution in [-0.4, -0.2) is 55.1 Å². The van der Waals surface area contributed by atoms with Gasteiger partial charge in [-0.1, -0.05) is 17.7 Å². The lowest BCUT2D eigenvalue weighted by Crippen LogP contribution is -2.47. The van der Waals surface area contributed by atoms with Crippen molar-refractivity contribution in [1.29, 1.82) is 0 Å². The second-order valence-electron chi connectivity index (χ2n) is 5.20. The Labute approximate surface area is 114 Å². The Kier molecular flexibility index (Phi) is 5.19. The number of aliphatic hydroxyl groups is 1. The normalized spacial score (nSPS) is 22.2. The summed E-state index contributed by atoms with van der Waals surface area (Å²) in [4.78, 5) is 2.24. The van der Waals surface area contributed by atoms with Gasteiger partial charge >= 0.3 is 0 Å². The number of rotatable bonds is 5. The maximum atomic E-state index is 10.0. The maximum Gasteiger partial charge on any atom is 0.119 e. The lowest BCUT2D eigenvalue weighted by Gasteiger charge is -2.34. The Morgan fingerprint density at radius 3 is 2.84 bits per heavy atom. The predicted molar refractivity (Wildman–Crippen MR) is 74.5 cm³/mol. The molecule has 0 unspecified atom stereocenters. The van der Waals surface area contributed by atoms with Crippen LogP contribution in [0.2, 0.25) is 0 Å². The number of β-amino-alcohol motifs (C(OH)–C–C–N with tert-alkyl or cyclic N) is 1. The molecule has 4 nitrogen and oxygen atoms in total. The lowest BCUT2D eigenvalue weighted by molar-refractivity contribution is -0.0265. The number of morpholine rings is 1. The van der Waals surface area contributed by atoms with Crippen LogP contribution in [0.1, 0.15) is 12.5 Å². The van der Waals surface area contributed by atoms with Crippen LogP contribution >= 0.6 is 0 Å². The maximum absolute atomic E-state index is 10.0. The minimum absolute atomic E-state index is 0.327. The van der Waals surface area contributed by atoms with Crippen molar-refractivity contribution in [2.45, 2.75) is 26.0 Å². The van der Waals surface area contributed by atoms with Crippen LogP contribution in [0.3, 0.4) is 0 Å². The molecule has 1 heterocycles. The number of benzene rings is 1. The molecule has 1 fully saturated rings. The minimum Gasteiger partial charge on any atom is -0.491 e. The summed E-state index contributed by atoms with van der Waals surface area (Å²) < 4.78 is 11.0. The highest BCUT2D eigenvalue weighted by Crippen LogP contribution is 2.12. The fourth-order valence-electron chi connectivity index (χ4n) is 2.18. The van der Waals surface area contributed by atoms with E-state index < -0.39 is 6.10 Å². The predicted octanol–water partition coefficient (Wildman–Crippen LogP) is 1.46. The summed E-state index contributed by atoms with van der Waals surface area (Å²) in [6.45, 7) is 7.48. The quantitative estimate of drug-likeness (QED) is 0.875. The Morgan fingerprint density at radius 2 is 2.16 bits per heavy atom. The number of hydrogen-bond acceptors (Lipinski definition) is 4. The second kappa shape index (κ2) is 6.89. The van der Waals surface area contributed by atoms with E-state index in [4.69, 9.17) is 9.47 Å². The molecule has 1 aromatic carbocycles. The van der Waals surface area contributed by atoms with Gasteiger partial charge in [0.1, 0.15) is 18.5 Å². The van der Waals surface area contributed by atoms with Crippen molar-refractivity contribution in [2.24, 2.45) is 0 Å². The van der Waals surface area contributed by atoms with E-state index in [0.717, 1.165) is 25.5 Å². The standard InChI is InChI=1S/C15H23NO3/c1-12-3-5-15(6-4-12)19-11-14(17)9-16-7-8-18-10-13(16)2/h3-6,13-14,17H,7-11H2,1-2H3/t13-,14-/m0/s1. The van der Waals surface area contributed by atoms with E-state index in [0.29, 0.717) is 19.2 Å². The number of aryl methyl sites for hydroxylation is 1. The molecule has 0 radical (unpaired) electrons. The SMILES string of the molecule is Cc1ccc(OC[C@@H](O)CN2CCOC[C@@H]2C)cc1. The molecule has 1 aliphatic rings. The zero-order chi connectivity index (χ0) is 13.7. The number of aliphatic hydroxyl groups excluding tert-OH is 1. The first-order chi connectivity index (χ1) is 9.15. The van der Waals surface area contributed by atoms with Gasteiger partial charge in [-0.25, -0.2) is 0 Å². The third-order valence-electron chi connectivity index (χ3n) is 3.41. The molecule has 0 aromatic heterocycles. The van der Waals surface area contributed by atoms with Crippen molar-refractivity contribution in [3.8, 4) is 5.75 Å². The molecule has 4 heteroatoms. The average molecular weight is 265 g/mol. The molecule has 1 aliphatic heterocycles. The number of hydrogen-bond donors (Lipinski definition) is 1. The topological polar surface area (TPSA) is 41.9 Å². The van der Waals surface area contributed by atoms with Crippen LogP contribution in [0.15, 0.2) is 24.3 Å². The van der Waals surface area contributed by atoms with E-state index in [-0.39, 0.29) is 0 Å². The molecule has 1 saturated heterocycles. The van der Waals surface area contributed by atoms with Crippen LogP contribution in [0, 0.1) is 6.92 Å². The Hall–Kier alpha value is -1.10. The zero-order valence-corrected chi connectivity index (χ0v) is 11.7. The van der Waals surface area contributed by atoms with Crippen molar-refractivity contribution in [2.75, 3.05) is 32.9 Å². The second-order valence-corrected chi connectivity index (χ2v) is 5.20. The zero-order valence-electron chi connectivity index (χ0n) is 11.7. The van der Waals surface area contributed by atoms with Gasteiger partial charge in [-0.3, -0.25) is 4.90 Å². The van der Waals surface area contributed by atoms with Gasteiger partial charge in [0.15, 0.2) is 0 Å². The van der Waals surface area contributed by atoms with Crippen molar-refractivity contribution in [1.82, 2.24) is 4.90 Å². The summed E-state index contributed by atoms with van der Waals surface area (Å²) in [7, 11) is 0. The molecule has 0 spiro atoms. The molecule has 2 rings (SSSR count). The smallest absolute Gasteiger partial charge is 0.119 e. The Morgan fingerprint density at radius 1 is 1.42 bits per heavy atom. The molecular weight excluding hydrogens is 242 g/mol. The molecule has 0 aliphatic carbocycles. The summed E-state index contributed by atoms with van der Waals surface area (Å²) in [5, 5.41) is 10.0. The summed E-state index contributed by atoms with van der Waals surface area (Å²) in [5.41, 5.74) is 1.20. The van der Waals surface area contributed by atoms with Crippen LogP contribution in [0.5, 0.6) is 5.75 Å². The molecule has 1 aromatic rings. The van der Waals surface area contributed by atoms with Crippen molar-refractivity contribution >= 4 is 0 Å². The summed E-state index contributed by atoms with van der Waals surface area (Å²) in [6.07, 6.45) is -0.471. The Balaban J connectivity index is 1.74. The molecule has 19 heavy (non-hydrogen) atoms. The summed E-state index contributed by atoms with van der Waals surface area (Å²) >= 11 is 0. The molecule has 0 saturated carbocycles. The van der Waals surface area contributed by atoms with Crippen molar-refractivity contribution in [3.05, 3.63) is 29.8 Å². The molecule has 106 valence electrons. The van der Waals surface area contributed by atoms with Crippen LogP contribution in [0.4, 0.5) is 0 Å². The molecular formula is C15H23NO3. The van der Waals surface area contributed by atoms with Gasteiger partial charge < -0.3 is 14.6 Å². The van der Waals surface area contributed by atoms with Crippen LogP contribution in [0.25, 0.3) is 0 Å². The molecule has 1 N–H and O–H groups in total. The van der Waals surface area contributed by atoms with Crippen LogP contribution in [-0.2, 0) is 4.74 Å². The van der Waals surface area contributed by atoms with E-state index in [1.807, 2.05) is 31.2 Å². The first kappa shape index (κ1) is 14.3. The van der Waals surface area contributed by atoms with Crippen LogP contribution < -0.4 is 4.74 Å². The first-order valence-corrected chi connectivity index (χ1v) is 6.84.